The van der Waals surface area contributed by atoms with E-state index in [-0.39, 0.29) is 18.1 Å². The fourth-order valence-corrected chi connectivity index (χ4v) is 2.18. The van der Waals surface area contributed by atoms with Crippen molar-refractivity contribution >= 4 is 18.9 Å². The summed E-state index contributed by atoms with van der Waals surface area (Å²) >= 11 is 0. The Morgan fingerprint density at radius 2 is 2.25 bits per heavy atom. The molecule has 1 aliphatic rings. The first kappa shape index (κ1) is 14.4. The van der Waals surface area contributed by atoms with Crippen LogP contribution in [0.1, 0.15) is 23.3 Å². The number of hydrogen-bond acceptors (Lipinski definition) is 6. The predicted octanol–water partition coefficient (Wildman–Crippen LogP) is -1.79. The van der Waals surface area contributed by atoms with Crippen molar-refractivity contribution in [3.8, 4) is 0 Å². The van der Waals surface area contributed by atoms with Crippen LogP contribution in [0.3, 0.4) is 0 Å². The van der Waals surface area contributed by atoms with Gasteiger partial charge in [-0.15, -0.1) is 0 Å². The average molecular weight is 278 g/mol. The Balaban J connectivity index is 1.88. The highest BCUT2D eigenvalue weighted by atomic mass is 16.4. The van der Waals surface area contributed by atoms with Crippen molar-refractivity contribution in [1.29, 1.82) is 0 Å². The van der Waals surface area contributed by atoms with Crippen LogP contribution in [-0.4, -0.2) is 62.9 Å². The second-order valence-electron chi connectivity index (χ2n) is 4.48. The SMILES string of the molecule is O=C(NCC(=O)N1CCC[C@H]1B(O)O)c1cnccn1. The maximum absolute atomic E-state index is 11.9. The van der Waals surface area contributed by atoms with Crippen LogP contribution in [0.2, 0.25) is 0 Å². The Labute approximate surface area is 116 Å². The summed E-state index contributed by atoms with van der Waals surface area (Å²) in [7, 11) is -1.56. The monoisotopic (exact) mass is 278 g/mol. The lowest BCUT2D eigenvalue weighted by Gasteiger charge is -2.24. The van der Waals surface area contributed by atoms with Gasteiger partial charge >= 0.3 is 7.12 Å². The number of rotatable bonds is 4. The van der Waals surface area contributed by atoms with Gasteiger partial charge in [0.2, 0.25) is 5.91 Å². The standard InChI is InChI=1S/C11H15BN4O4/c17-10(16-5-1-2-9(16)12(19)20)7-15-11(18)8-6-13-3-4-14-8/h3-4,6,9,19-20H,1-2,5,7H2,(H,15,18)/t9-/m0/s1. The van der Waals surface area contributed by atoms with Crippen molar-refractivity contribution in [3.05, 3.63) is 24.3 Å². The molecule has 0 spiro atoms. The van der Waals surface area contributed by atoms with E-state index in [1.54, 1.807) is 0 Å². The summed E-state index contributed by atoms with van der Waals surface area (Å²) in [6, 6.07) is 0. The highest BCUT2D eigenvalue weighted by Gasteiger charge is 2.36. The van der Waals surface area contributed by atoms with Gasteiger partial charge in [0.15, 0.2) is 0 Å². The lowest BCUT2D eigenvalue weighted by Crippen LogP contribution is -2.49. The molecule has 0 aliphatic carbocycles. The predicted molar refractivity (Wildman–Crippen MR) is 69.3 cm³/mol. The molecule has 1 atom stereocenters. The van der Waals surface area contributed by atoms with Crippen molar-refractivity contribution in [2.75, 3.05) is 13.1 Å². The van der Waals surface area contributed by atoms with Gasteiger partial charge in [-0.05, 0) is 12.8 Å². The van der Waals surface area contributed by atoms with Gasteiger partial charge in [0.1, 0.15) is 5.69 Å². The average Bonchev–Trinajstić information content (AvgIpc) is 2.95. The minimum atomic E-state index is -1.56. The van der Waals surface area contributed by atoms with Crippen LogP contribution in [-0.2, 0) is 4.79 Å². The third-order valence-corrected chi connectivity index (χ3v) is 3.16. The Hall–Kier alpha value is -2.00. The molecule has 0 aromatic carbocycles. The molecule has 0 bridgehead atoms. The first-order chi connectivity index (χ1) is 9.59. The quantitative estimate of drug-likeness (QED) is 0.560. The molecule has 1 saturated heterocycles. The van der Waals surface area contributed by atoms with Gasteiger partial charge in [-0.25, -0.2) is 4.98 Å². The summed E-state index contributed by atoms with van der Waals surface area (Å²) in [6.07, 6.45) is 5.39. The van der Waals surface area contributed by atoms with Crippen LogP contribution in [0.25, 0.3) is 0 Å². The van der Waals surface area contributed by atoms with Crippen molar-refractivity contribution in [1.82, 2.24) is 20.2 Å². The molecule has 8 nitrogen and oxygen atoms in total. The van der Waals surface area contributed by atoms with Crippen LogP contribution < -0.4 is 5.32 Å². The van der Waals surface area contributed by atoms with E-state index in [4.69, 9.17) is 0 Å². The summed E-state index contributed by atoms with van der Waals surface area (Å²) in [5.74, 6) is -1.44. The van der Waals surface area contributed by atoms with E-state index in [0.29, 0.717) is 19.4 Å². The van der Waals surface area contributed by atoms with Gasteiger partial charge in [-0.1, -0.05) is 0 Å². The maximum atomic E-state index is 11.9. The molecule has 2 rings (SSSR count). The molecule has 1 aromatic rings. The fraction of sp³-hybridized carbons (Fsp3) is 0.455. The minimum absolute atomic E-state index is 0.125. The maximum Gasteiger partial charge on any atom is 0.475 e. The van der Waals surface area contributed by atoms with Gasteiger partial charge in [0.25, 0.3) is 5.91 Å². The molecule has 0 saturated carbocycles. The van der Waals surface area contributed by atoms with Crippen molar-refractivity contribution < 1.29 is 19.6 Å². The van der Waals surface area contributed by atoms with Gasteiger partial charge < -0.3 is 20.3 Å². The summed E-state index contributed by atoms with van der Waals surface area (Å²) < 4.78 is 0. The first-order valence-corrected chi connectivity index (χ1v) is 6.29. The molecule has 106 valence electrons. The van der Waals surface area contributed by atoms with Crippen LogP contribution in [0.5, 0.6) is 0 Å². The number of hydrogen-bond donors (Lipinski definition) is 3. The van der Waals surface area contributed by atoms with E-state index in [1.165, 1.54) is 23.5 Å². The lowest BCUT2D eigenvalue weighted by molar-refractivity contribution is -0.130. The van der Waals surface area contributed by atoms with Crippen LogP contribution in [0.4, 0.5) is 0 Å². The second-order valence-corrected chi connectivity index (χ2v) is 4.48. The molecule has 0 unspecified atom stereocenters. The van der Waals surface area contributed by atoms with E-state index in [1.807, 2.05) is 0 Å². The zero-order chi connectivity index (χ0) is 14.5. The third-order valence-electron chi connectivity index (χ3n) is 3.16. The zero-order valence-electron chi connectivity index (χ0n) is 10.8. The van der Waals surface area contributed by atoms with Crippen LogP contribution >= 0.6 is 0 Å². The lowest BCUT2D eigenvalue weighted by atomic mass is 9.78. The van der Waals surface area contributed by atoms with E-state index in [9.17, 15) is 19.6 Å². The molecule has 9 heteroatoms. The number of carbonyl (C=O) groups is 2. The minimum Gasteiger partial charge on any atom is -0.426 e. The molecular weight excluding hydrogens is 263 g/mol. The number of aromatic nitrogens is 2. The Morgan fingerprint density at radius 1 is 1.45 bits per heavy atom. The molecule has 1 fully saturated rings. The molecule has 0 radical (unpaired) electrons. The molecule has 1 aromatic heterocycles. The van der Waals surface area contributed by atoms with Crippen molar-refractivity contribution in [2.45, 2.75) is 18.8 Å². The Kier molecular flexibility index (Phi) is 4.64. The highest BCUT2D eigenvalue weighted by Crippen LogP contribution is 2.17. The van der Waals surface area contributed by atoms with Gasteiger partial charge in [-0.2, -0.15) is 0 Å². The largest absolute Gasteiger partial charge is 0.475 e. The van der Waals surface area contributed by atoms with Crippen molar-refractivity contribution in [3.63, 3.8) is 0 Å². The van der Waals surface area contributed by atoms with E-state index >= 15 is 0 Å². The van der Waals surface area contributed by atoms with Crippen molar-refractivity contribution in [2.24, 2.45) is 0 Å². The van der Waals surface area contributed by atoms with E-state index in [2.05, 4.69) is 15.3 Å². The molecule has 1 aliphatic heterocycles. The third kappa shape index (κ3) is 3.31. The first-order valence-electron chi connectivity index (χ1n) is 6.29. The summed E-state index contributed by atoms with van der Waals surface area (Å²) in [5.41, 5.74) is 0.125. The molecule has 20 heavy (non-hydrogen) atoms. The van der Waals surface area contributed by atoms with Gasteiger partial charge in [0, 0.05) is 18.9 Å². The molecule has 2 heterocycles. The second kappa shape index (κ2) is 6.44. The number of likely N-dealkylation sites (tertiary alicyclic amines) is 1. The highest BCUT2D eigenvalue weighted by molar-refractivity contribution is 6.43. The fourth-order valence-electron chi connectivity index (χ4n) is 2.18. The van der Waals surface area contributed by atoms with E-state index in [0.717, 1.165) is 0 Å². The number of carbonyl (C=O) groups excluding carboxylic acids is 2. The Morgan fingerprint density at radius 3 is 2.90 bits per heavy atom. The van der Waals surface area contributed by atoms with E-state index < -0.39 is 19.0 Å². The molecular formula is C11H15BN4O4. The smallest absolute Gasteiger partial charge is 0.426 e. The normalized spacial score (nSPS) is 17.9. The number of amides is 2. The van der Waals surface area contributed by atoms with Gasteiger partial charge in [-0.3, -0.25) is 14.6 Å². The summed E-state index contributed by atoms with van der Waals surface area (Å²) in [6.45, 7) is 0.251. The topological polar surface area (TPSA) is 116 Å². The number of nitrogens with zero attached hydrogens (tertiary/aromatic N) is 3. The summed E-state index contributed by atoms with van der Waals surface area (Å²) in [4.78, 5) is 32.6. The van der Waals surface area contributed by atoms with Gasteiger partial charge in [0.05, 0.1) is 18.7 Å². The van der Waals surface area contributed by atoms with Crippen LogP contribution in [0.15, 0.2) is 18.6 Å². The molecule has 2 amide bonds. The van der Waals surface area contributed by atoms with Crippen LogP contribution in [0, 0.1) is 0 Å². The zero-order valence-corrected chi connectivity index (χ0v) is 10.8. The number of nitrogens with one attached hydrogen (secondary N) is 1. The molecule has 3 N–H and O–H groups in total. The summed E-state index contributed by atoms with van der Waals surface area (Å²) in [5, 5.41) is 20.8. The Bertz CT molecular complexity index is 485.